The number of aromatic nitrogens is 3. The molecule has 2 aromatic heterocycles. The third kappa shape index (κ3) is 6.91. The molecule has 1 aliphatic rings. The molecular weight excluding hydrogens is 449 g/mol. The van der Waals surface area contributed by atoms with Crippen LogP contribution in [0.15, 0.2) is 42.7 Å². The predicted molar refractivity (Wildman–Crippen MR) is 124 cm³/mol. The van der Waals surface area contributed by atoms with E-state index in [1.807, 2.05) is 12.4 Å². The number of carbonyl (C=O) groups is 1. The Kier molecular flexibility index (Phi) is 8.46. The number of fused-ring (bicyclic) bond motifs is 1. The number of hydrogen-bond donors (Lipinski definition) is 3. The first-order valence-corrected chi connectivity index (χ1v) is 11.1. The molecule has 11 heteroatoms. The summed E-state index contributed by atoms with van der Waals surface area (Å²) in [5.74, 6) is -1.66. The lowest BCUT2D eigenvalue weighted by Gasteiger charge is -2.34. The van der Waals surface area contributed by atoms with Gasteiger partial charge in [-0.25, -0.2) is 9.78 Å². The van der Waals surface area contributed by atoms with Crippen LogP contribution < -0.4 is 10.2 Å². The van der Waals surface area contributed by atoms with Crippen LogP contribution in [0, 0.1) is 0 Å². The number of nitrogens with zero attached hydrogens (tertiary/aromatic N) is 4. The van der Waals surface area contributed by atoms with Crippen LogP contribution >= 0.6 is 0 Å². The number of likely N-dealkylation sites (N-methyl/N-ethyl adjacent to an activating group) is 1. The molecule has 1 atom stereocenters. The minimum atomic E-state index is -5.08. The van der Waals surface area contributed by atoms with Crippen molar-refractivity contribution in [1.29, 1.82) is 0 Å². The topological polar surface area (TPSA) is 97.4 Å². The lowest BCUT2D eigenvalue weighted by molar-refractivity contribution is -0.192. The van der Waals surface area contributed by atoms with Crippen molar-refractivity contribution in [1.82, 2.24) is 25.4 Å². The normalized spacial score (nSPS) is 15.6. The van der Waals surface area contributed by atoms with Crippen LogP contribution in [-0.2, 0) is 11.3 Å². The Morgan fingerprint density at radius 2 is 1.91 bits per heavy atom. The Balaban J connectivity index is 0.000000406. The molecular formula is C23H29F3N6O2. The molecule has 3 heterocycles. The molecule has 1 unspecified atom stereocenters. The predicted octanol–water partition coefficient (Wildman–Crippen LogP) is 3.58. The van der Waals surface area contributed by atoms with Gasteiger partial charge >= 0.3 is 12.1 Å². The average molecular weight is 479 g/mol. The van der Waals surface area contributed by atoms with Crippen LogP contribution in [0.3, 0.4) is 0 Å². The molecule has 0 saturated carbocycles. The molecule has 0 amide bonds. The quantitative estimate of drug-likeness (QED) is 0.498. The number of H-pyrrole nitrogens is 1. The van der Waals surface area contributed by atoms with Crippen LogP contribution in [0.5, 0.6) is 0 Å². The third-order valence-electron chi connectivity index (χ3n) is 5.77. The molecule has 34 heavy (non-hydrogen) atoms. The molecule has 3 aromatic rings. The molecule has 4 rings (SSSR count). The van der Waals surface area contributed by atoms with E-state index in [9.17, 15) is 13.2 Å². The van der Waals surface area contributed by atoms with Gasteiger partial charge in [0.05, 0.1) is 11.7 Å². The van der Waals surface area contributed by atoms with E-state index in [4.69, 9.17) is 9.90 Å². The van der Waals surface area contributed by atoms with Gasteiger partial charge in [-0.15, -0.1) is 0 Å². The first-order chi connectivity index (χ1) is 16.2. The van der Waals surface area contributed by atoms with Crippen LogP contribution in [0.25, 0.3) is 10.9 Å². The van der Waals surface area contributed by atoms with Crippen LogP contribution in [-0.4, -0.2) is 70.1 Å². The van der Waals surface area contributed by atoms with E-state index in [1.54, 1.807) is 0 Å². The number of anilines is 1. The molecule has 0 radical (unpaired) electrons. The van der Waals surface area contributed by atoms with Gasteiger partial charge < -0.3 is 20.2 Å². The second kappa shape index (κ2) is 11.3. The van der Waals surface area contributed by atoms with Gasteiger partial charge in [0, 0.05) is 50.3 Å². The summed E-state index contributed by atoms with van der Waals surface area (Å²) < 4.78 is 31.7. The highest BCUT2D eigenvalue weighted by atomic mass is 19.4. The molecule has 0 aliphatic carbocycles. The molecule has 1 fully saturated rings. The van der Waals surface area contributed by atoms with Crippen LogP contribution in [0.1, 0.15) is 31.0 Å². The largest absolute Gasteiger partial charge is 0.490 e. The van der Waals surface area contributed by atoms with Crippen molar-refractivity contribution in [2.45, 2.75) is 32.6 Å². The van der Waals surface area contributed by atoms with Gasteiger partial charge in [-0.05, 0) is 42.8 Å². The standard InChI is InChI=1S/C21H28N6.C2HF3O2/c1-3-26-8-10-27(11-9-26)21-12-17(6-7-22-21)14-23-16(2)18-4-5-19-15-24-25-20(19)13-18;3-2(4,5)1(6)7/h4-7,12-13,15-16,23H,3,8-11,14H2,1-2H3,(H,24,25);(H,6,7). The Hall–Kier alpha value is -3.18. The number of benzene rings is 1. The lowest BCUT2D eigenvalue weighted by Crippen LogP contribution is -2.46. The van der Waals surface area contributed by atoms with Gasteiger partial charge in [0.15, 0.2) is 0 Å². The number of carboxylic acid groups (broad SMARTS) is 1. The minimum Gasteiger partial charge on any atom is -0.475 e. The zero-order valence-corrected chi connectivity index (χ0v) is 19.1. The summed E-state index contributed by atoms with van der Waals surface area (Å²) in [7, 11) is 0. The van der Waals surface area contributed by atoms with Crippen molar-refractivity contribution >= 4 is 22.7 Å². The number of carboxylic acids is 1. The molecule has 8 nitrogen and oxygen atoms in total. The first kappa shape index (κ1) is 25.4. The number of pyridine rings is 1. The van der Waals surface area contributed by atoms with Gasteiger partial charge in [0.1, 0.15) is 5.82 Å². The minimum absolute atomic E-state index is 0.266. The Labute approximate surface area is 195 Å². The summed E-state index contributed by atoms with van der Waals surface area (Å²) in [6.45, 7) is 10.7. The summed E-state index contributed by atoms with van der Waals surface area (Å²) in [4.78, 5) is 18.4. The number of nitrogens with one attached hydrogen (secondary N) is 2. The Morgan fingerprint density at radius 3 is 2.56 bits per heavy atom. The van der Waals surface area contributed by atoms with E-state index in [2.05, 4.69) is 74.5 Å². The zero-order valence-electron chi connectivity index (χ0n) is 19.1. The van der Waals surface area contributed by atoms with Gasteiger partial charge in [-0.3, -0.25) is 5.10 Å². The lowest BCUT2D eigenvalue weighted by atomic mass is 10.1. The second-order valence-corrected chi connectivity index (χ2v) is 8.07. The summed E-state index contributed by atoms with van der Waals surface area (Å²) in [6, 6.07) is 11.0. The van der Waals surface area contributed by atoms with Gasteiger partial charge in [-0.2, -0.15) is 18.3 Å². The summed E-state index contributed by atoms with van der Waals surface area (Å²) >= 11 is 0. The van der Waals surface area contributed by atoms with Crippen molar-refractivity contribution in [3.63, 3.8) is 0 Å². The number of aromatic amines is 1. The van der Waals surface area contributed by atoms with Gasteiger partial charge in [-0.1, -0.05) is 19.1 Å². The Bertz CT molecular complexity index is 1080. The van der Waals surface area contributed by atoms with Crippen LogP contribution in [0.4, 0.5) is 19.0 Å². The maximum atomic E-state index is 10.6. The molecule has 1 saturated heterocycles. The van der Waals surface area contributed by atoms with E-state index in [0.29, 0.717) is 0 Å². The third-order valence-corrected chi connectivity index (χ3v) is 5.77. The maximum Gasteiger partial charge on any atom is 0.490 e. The highest BCUT2D eigenvalue weighted by molar-refractivity contribution is 5.78. The first-order valence-electron chi connectivity index (χ1n) is 11.1. The number of halogens is 3. The van der Waals surface area contributed by atoms with E-state index in [1.165, 1.54) is 11.1 Å². The van der Waals surface area contributed by atoms with E-state index >= 15 is 0 Å². The smallest absolute Gasteiger partial charge is 0.475 e. The van der Waals surface area contributed by atoms with Crippen molar-refractivity contribution in [3.8, 4) is 0 Å². The fraction of sp³-hybridized carbons (Fsp3) is 0.435. The number of hydrogen-bond acceptors (Lipinski definition) is 6. The molecule has 0 spiro atoms. The van der Waals surface area contributed by atoms with Crippen molar-refractivity contribution < 1.29 is 23.1 Å². The Morgan fingerprint density at radius 1 is 1.21 bits per heavy atom. The summed E-state index contributed by atoms with van der Waals surface area (Å²) in [5.41, 5.74) is 3.61. The fourth-order valence-corrected chi connectivity index (χ4v) is 3.65. The number of rotatable bonds is 6. The second-order valence-electron chi connectivity index (χ2n) is 8.07. The van der Waals surface area contributed by atoms with Gasteiger partial charge in [0.2, 0.25) is 0 Å². The summed E-state index contributed by atoms with van der Waals surface area (Å²) in [5, 5.41) is 19.0. The molecule has 1 aliphatic heterocycles. The fourth-order valence-electron chi connectivity index (χ4n) is 3.65. The molecule has 3 N–H and O–H groups in total. The van der Waals surface area contributed by atoms with Crippen molar-refractivity contribution in [2.75, 3.05) is 37.6 Å². The average Bonchev–Trinajstić information content (AvgIpc) is 3.30. The molecule has 1 aromatic carbocycles. The van der Waals surface area contributed by atoms with Crippen molar-refractivity contribution in [3.05, 3.63) is 53.9 Å². The monoisotopic (exact) mass is 478 g/mol. The highest BCUT2D eigenvalue weighted by Gasteiger charge is 2.38. The van der Waals surface area contributed by atoms with Crippen molar-refractivity contribution in [2.24, 2.45) is 0 Å². The van der Waals surface area contributed by atoms with Crippen LogP contribution in [0.2, 0.25) is 0 Å². The van der Waals surface area contributed by atoms with E-state index in [0.717, 1.165) is 56.0 Å². The van der Waals surface area contributed by atoms with Gasteiger partial charge in [0.25, 0.3) is 0 Å². The zero-order chi connectivity index (χ0) is 24.7. The number of aliphatic carboxylic acids is 1. The highest BCUT2D eigenvalue weighted by Crippen LogP contribution is 2.20. The molecule has 184 valence electrons. The molecule has 0 bridgehead atoms. The maximum absolute atomic E-state index is 10.6. The van der Waals surface area contributed by atoms with E-state index < -0.39 is 12.1 Å². The summed E-state index contributed by atoms with van der Waals surface area (Å²) in [6.07, 6.45) is -1.30. The number of alkyl halides is 3. The van der Waals surface area contributed by atoms with E-state index in [-0.39, 0.29) is 6.04 Å². The SMILES string of the molecule is CCN1CCN(c2cc(CNC(C)c3ccc4cn[nH]c4c3)ccn2)CC1.O=C(O)C(F)(F)F. The number of piperazine rings is 1.